The van der Waals surface area contributed by atoms with Gasteiger partial charge in [-0.2, -0.15) is 0 Å². The number of hydrogen-bond donors (Lipinski definition) is 1. The van der Waals surface area contributed by atoms with E-state index < -0.39 is 10.0 Å². The summed E-state index contributed by atoms with van der Waals surface area (Å²) >= 11 is 0. The number of nitrogens with zero attached hydrogens (tertiary/aromatic N) is 1. The van der Waals surface area contributed by atoms with Crippen molar-refractivity contribution in [1.29, 1.82) is 0 Å². The molecule has 1 N–H and O–H groups in total. The normalized spacial score (nSPS) is 16.2. The van der Waals surface area contributed by atoms with Crippen molar-refractivity contribution in [2.24, 2.45) is 0 Å². The van der Waals surface area contributed by atoms with Crippen LogP contribution in [0.1, 0.15) is 43.7 Å². The van der Waals surface area contributed by atoms with Crippen molar-refractivity contribution < 1.29 is 8.42 Å². The second kappa shape index (κ2) is 4.29. The van der Waals surface area contributed by atoms with Crippen molar-refractivity contribution in [2.45, 2.75) is 44.8 Å². The van der Waals surface area contributed by atoms with E-state index >= 15 is 0 Å². The zero-order chi connectivity index (χ0) is 12.6. The molecule has 1 aromatic rings. The number of hydrogen-bond acceptors (Lipinski definition) is 3. The number of sulfonamides is 1. The first-order valence-electron chi connectivity index (χ1n) is 5.88. The van der Waals surface area contributed by atoms with Crippen LogP contribution < -0.4 is 4.72 Å². The Morgan fingerprint density at radius 1 is 1.35 bits per heavy atom. The molecule has 1 aliphatic rings. The summed E-state index contributed by atoms with van der Waals surface area (Å²) in [7, 11) is -3.20. The Morgan fingerprint density at radius 3 is 2.53 bits per heavy atom. The van der Waals surface area contributed by atoms with Crippen molar-refractivity contribution in [3.63, 3.8) is 0 Å². The van der Waals surface area contributed by atoms with E-state index in [0.29, 0.717) is 11.6 Å². The van der Waals surface area contributed by atoms with E-state index in [4.69, 9.17) is 0 Å². The van der Waals surface area contributed by atoms with E-state index in [0.717, 1.165) is 24.0 Å². The Balaban J connectivity index is 2.30. The van der Waals surface area contributed by atoms with Gasteiger partial charge in [-0.25, -0.2) is 8.42 Å². The minimum Gasteiger partial charge on any atom is -0.281 e. The lowest BCUT2D eigenvalue weighted by Crippen LogP contribution is -2.18. The predicted molar refractivity (Wildman–Crippen MR) is 68.6 cm³/mol. The lowest BCUT2D eigenvalue weighted by molar-refractivity contribution is 0.600. The summed E-state index contributed by atoms with van der Waals surface area (Å²) in [5, 5.41) is -0.204. The van der Waals surface area contributed by atoms with E-state index in [9.17, 15) is 8.42 Å². The summed E-state index contributed by atoms with van der Waals surface area (Å²) in [4.78, 5) is 4.10. The Hall–Kier alpha value is -1.10. The molecule has 0 aliphatic heterocycles. The molecule has 1 fully saturated rings. The van der Waals surface area contributed by atoms with Gasteiger partial charge in [-0.1, -0.05) is 13.8 Å². The smallest absolute Gasteiger partial charge is 0.235 e. The third kappa shape index (κ3) is 2.60. The van der Waals surface area contributed by atoms with Gasteiger partial charge in [0.2, 0.25) is 10.0 Å². The van der Waals surface area contributed by atoms with Crippen molar-refractivity contribution in [3.8, 4) is 0 Å². The SMILES string of the molecule is Cc1c(NS(=O)(=O)C2CC2)cncc1C(C)C. The van der Waals surface area contributed by atoms with Crippen molar-refractivity contribution in [1.82, 2.24) is 4.98 Å². The molecule has 0 spiro atoms. The fourth-order valence-corrected chi connectivity index (χ4v) is 3.28. The minimum atomic E-state index is -3.20. The molecule has 0 unspecified atom stereocenters. The Morgan fingerprint density at radius 2 is 2.00 bits per heavy atom. The second-order valence-electron chi connectivity index (χ2n) is 4.90. The van der Waals surface area contributed by atoms with Gasteiger partial charge in [0, 0.05) is 6.20 Å². The van der Waals surface area contributed by atoms with Crippen LogP contribution in [0.15, 0.2) is 12.4 Å². The van der Waals surface area contributed by atoms with Crippen LogP contribution in [0.5, 0.6) is 0 Å². The molecular formula is C12H18N2O2S. The molecule has 1 aliphatic carbocycles. The van der Waals surface area contributed by atoms with Crippen LogP contribution in [0, 0.1) is 6.92 Å². The number of rotatable bonds is 4. The lowest BCUT2D eigenvalue weighted by atomic mass is 10.00. The molecule has 0 aromatic carbocycles. The van der Waals surface area contributed by atoms with Gasteiger partial charge in [0.25, 0.3) is 0 Å². The molecule has 0 radical (unpaired) electrons. The topological polar surface area (TPSA) is 59.1 Å². The summed E-state index contributed by atoms with van der Waals surface area (Å²) in [6.07, 6.45) is 4.92. The van der Waals surface area contributed by atoms with Crippen LogP contribution in [-0.4, -0.2) is 18.7 Å². The molecule has 0 amide bonds. The summed E-state index contributed by atoms with van der Waals surface area (Å²) in [6, 6.07) is 0. The lowest BCUT2D eigenvalue weighted by Gasteiger charge is -2.14. The van der Waals surface area contributed by atoms with E-state index in [1.54, 1.807) is 12.4 Å². The molecule has 5 heteroatoms. The molecule has 4 nitrogen and oxygen atoms in total. The highest BCUT2D eigenvalue weighted by molar-refractivity contribution is 7.93. The van der Waals surface area contributed by atoms with E-state index in [2.05, 4.69) is 23.6 Å². The fourth-order valence-electron chi connectivity index (χ4n) is 1.84. The fraction of sp³-hybridized carbons (Fsp3) is 0.583. The van der Waals surface area contributed by atoms with Gasteiger partial charge in [0.1, 0.15) is 0 Å². The van der Waals surface area contributed by atoms with Gasteiger partial charge < -0.3 is 0 Å². The molecule has 1 heterocycles. The first kappa shape index (κ1) is 12.4. The van der Waals surface area contributed by atoms with Crippen LogP contribution in [-0.2, 0) is 10.0 Å². The third-order valence-electron chi connectivity index (χ3n) is 3.09. The zero-order valence-electron chi connectivity index (χ0n) is 10.4. The molecule has 0 atom stereocenters. The highest BCUT2D eigenvalue weighted by Gasteiger charge is 2.36. The Kier molecular flexibility index (Phi) is 3.12. The predicted octanol–water partition coefficient (Wildman–Crippen LogP) is 2.42. The zero-order valence-corrected chi connectivity index (χ0v) is 11.2. The first-order chi connectivity index (χ1) is 7.92. The number of nitrogens with one attached hydrogen (secondary N) is 1. The second-order valence-corrected chi connectivity index (χ2v) is 6.86. The summed E-state index contributed by atoms with van der Waals surface area (Å²) < 4.78 is 26.4. The molecular weight excluding hydrogens is 236 g/mol. The number of anilines is 1. The molecule has 0 saturated heterocycles. The van der Waals surface area contributed by atoms with Crippen LogP contribution in [0.3, 0.4) is 0 Å². The van der Waals surface area contributed by atoms with Gasteiger partial charge in [0.15, 0.2) is 0 Å². The van der Waals surface area contributed by atoms with Crippen LogP contribution in [0.25, 0.3) is 0 Å². The minimum absolute atomic E-state index is 0.204. The molecule has 0 bridgehead atoms. The highest BCUT2D eigenvalue weighted by Crippen LogP contribution is 2.31. The standard InChI is InChI=1S/C12H18N2O2S/c1-8(2)11-6-13-7-12(9(11)3)14-17(15,16)10-4-5-10/h6-8,10,14H,4-5H2,1-3H3. The molecule has 2 rings (SSSR count). The maximum absolute atomic E-state index is 11.9. The third-order valence-corrected chi connectivity index (χ3v) is 4.95. The van der Waals surface area contributed by atoms with Crippen LogP contribution in [0.4, 0.5) is 5.69 Å². The molecule has 17 heavy (non-hydrogen) atoms. The quantitative estimate of drug-likeness (QED) is 0.897. The Labute approximate surface area is 103 Å². The number of aromatic nitrogens is 1. The van der Waals surface area contributed by atoms with Gasteiger partial charge in [-0.05, 0) is 36.8 Å². The van der Waals surface area contributed by atoms with Crippen LogP contribution in [0.2, 0.25) is 0 Å². The largest absolute Gasteiger partial charge is 0.281 e. The van der Waals surface area contributed by atoms with Gasteiger partial charge in [-0.15, -0.1) is 0 Å². The summed E-state index contributed by atoms with van der Waals surface area (Å²) in [6.45, 7) is 6.08. The van der Waals surface area contributed by atoms with Gasteiger partial charge in [0.05, 0.1) is 17.1 Å². The Bertz CT molecular complexity index is 519. The van der Waals surface area contributed by atoms with Crippen molar-refractivity contribution >= 4 is 15.7 Å². The molecule has 1 aromatic heterocycles. The molecule has 1 saturated carbocycles. The summed E-state index contributed by atoms with van der Waals surface area (Å²) in [5.74, 6) is 0.341. The summed E-state index contributed by atoms with van der Waals surface area (Å²) in [5.41, 5.74) is 2.67. The van der Waals surface area contributed by atoms with E-state index in [-0.39, 0.29) is 5.25 Å². The maximum atomic E-state index is 11.9. The van der Waals surface area contributed by atoms with Crippen LogP contribution >= 0.6 is 0 Å². The monoisotopic (exact) mass is 254 g/mol. The maximum Gasteiger partial charge on any atom is 0.235 e. The van der Waals surface area contributed by atoms with Gasteiger partial charge in [-0.3, -0.25) is 9.71 Å². The van der Waals surface area contributed by atoms with E-state index in [1.165, 1.54) is 0 Å². The first-order valence-corrected chi connectivity index (χ1v) is 7.42. The number of pyridine rings is 1. The van der Waals surface area contributed by atoms with Gasteiger partial charge >= 0.3 is 0 Å². The highest BCUT2D eigenvalue weighted by atomic mass is 32.2. The van der Waals surface area contributed by atoms with Crippen molar-refractivity contribution in [3.05, 3.63) is 23.5 Å². The average Bonchev–Trinajstić information content (AvgIpc) is 3.03. The van der Waals surface area contributed by atoms with Crippen molar-refractivity contribution in [2.75, 3.05) is 4.72 Å². The average molecular weight is 254 g/mol. The van der Waals surface area contributed by atoms with E-state index in [1.807, 2.05) is 6.92 Å². The molecule has 94 valence electrons.